The molecule has 3 atom stereocenters. The normalized spacial score (nSPS) is 24.7. The molecule has 1 fully saturated rings. The van der Waals surface area contributed by atoms with Crippen LogP contribution >= 0.6 is 11.6 Å². The molecule has 1 amide bonds. The molecule has 7 nitrogen and oxygen atoms in total. The van der Waals surface area contributed by atoms with E-state index in [2.05, 4.69) is 15.3 Å². The molecule has 2 aromatic rings. The van der Waals surface area contributed by atoms with E-state index in [-0.39, 0.29) is 17.9 Å². The summed E-state index contributed by atoms with van der Waals surface area (Å²) in [7, 11) is 3.20. The Morgan fingerprint density at radius 3 is 2.64 bits per heavy atom. The van der Waals surface area contributed by atoms with E-state index >= 15 is 0 Å². The molecule has 0 bridgehead atoms. The maximum absolute atomic E-state index is 13.1. The molecule has 0 spiro atoms. The van der Waals surface area contributed by atoms with Gasteiger partial charge in [-0.25, -0.2) is 9.97 Å². The summed E-state index contributed by atoms with van der Waals surface area (Å²) >= 11 is 6.02. The van der Waals surface area contributed by atoms with Gasteiger partial charge in [-0.2, -0.15) is 0 Å². The smallest absolute Gasteiger partial charge is 0.326 e. The van der Waals surface area contributed by atoms with E-state index in [9.17, 15) is 9.59 Å². The number of benzene rings is 1. The van der Waals surface area contributed by atoms with E-state index < -0.39 is 11.5 Å². The van der Waals surface area contributed by atoms with Crippen molar-refractivity contribution in [2.75, 3.05) is 14.2 Å². The van der Waals surface area contributed by atoms with Crippen molar-refractivity contribution < 1.29 is 14.3 Å². The van der Waals surface area contributed by atoms with Gasteiger partial charge in [-0.15, -0.1) is 0 Å². The summed E-state index contributed by atoms with van der Waals surface area (Å²) in [4.78, 5) is 35.5. The molecule has 148 valence electrons. The Morgan fingerprint density at radius 2 is 2.04 bits per heavy atom. The predicted octanol–water partition coefficient (Wildman–Crippen LogP) is 2.37. The topological polar surface area (TPSA) is 84.4 Å². The second-order valence-corrected chi connectivity index (χ2v) is 7.54. The van der Waals surface area contributed by atoms with Crippen LogP contribution in [-0.2, 0) is 20.9 Å². The minimum Gasteiger partial charge on any atom is -0.468 e. The van der Waals surface area contributed by atoms with Crippen molar-refractivity contribution >= 4 is 23.5 Å². The van der Waals surface area contributed by atoms with Gasteiger partial charge >= 0.3 is 5.97 Å². The van der Waals surface area contributed by atoms with Crippen LogP contribution in [0, 0.1) is 5.92 Å². The second kappa shape index (κ2) is 8.24. The largest absolute Gasteiger partial charge is 0.468 e. The molecular formula is C20H23ClN4O3. The fourth-order valence-electron chi connectivity index (χ4n) is 3.79. The average Bonchev–Trinajstić information content (AvgIpc) is 2.99. The molecule has 0 unspecified atom stereocenters. The summed E-state index contributed by atoms with van der Waals surface area (Å²) < 4.78 is 5.02. The van der Waals surface area contributed by atoms with Crippen LogP contribution in [0.15, 0.2) is 42.9 Å². The standard InChI is InChI=1S/C20H23ClN4O3/c1-20(19(27)28-3)10-16(18(26)23-11-15-8-9-22-12-24-15)17(25(20)2)13-4-6-14(21)7-5-13/h4-9,12,16-17H,10-11H2,1-3H3,(H,23,26)/t16-,17-,20-/m0/s1. The number of likely N-dealkylation sites (tertiary alicyclic amines) is 1. The number of aromatic nitrogens is 2. The number of rotatable bonds is 5. The van der Waals surface area contributed by atoms with Crippen molar-refractivity contribution in [3.8, 4) is 0 Å². The third kappa shape index (κ3) is 3.86. The molecule has 28 heavy (non-hydrogen) atoms. The van der Waals surface area contributed by atoms with Crippen LogP contribution in [0.2, 0.25) is 5.02 Å². The Kier molecular flexibility index (Phi) is 5.96. The molecule has 1 aliphatic heterocycles. The zero-order chi connectivity index (χ0) is 20.3. The number of likely N-dealkylation sites (N-methyl/N-ethyl adjacent to an activating group) is 1. The Morgan fingerprint density at radius 1 is 1.32 bits per heavy atom. The molecular weight excluding hydrogens is 380 g/mol. The van der Waals surface area contributed by atoms with E-state index in [1.54, 1.807) is 31.3 Å². The number of nitrogens with one attached hydrogen (secondary N) is 1. The third-order valence-corrected chi connectivity index (χ3v) is 5.71. The average molecular weight is 403 g/mol. The molecule has 1 N–H and O–H groups in total. The lowest BCUT2D eigenvalue weighted by molar-refractivity contribution is -0.152. The fourth-order valence-corrected chi connectivity index (χ4v) is 3.92. The maximum atomic E-state index is 13.1. The Balaban J connectivity index is 1.87. The van der Waals surface area contributed by atoms with Crippen molar-refractivity contribution in [3.63, 3.8) is 0 Å². The number of carbonyl (C=O) groups is 2. The first-order valence-electron chi connectivity index (χ1n) is 8.96. The highest BCUT2D eigenvalue weighted by Crippen LogP contribution is 2.46. The van der Waals surface area contributed by atoms with Crippen molar-refractivity contribution in [3.05, 3.63) is 59.1 Å². The van der Waals surface area contributed by atoms with Gasteiger partial charge in [0.1, 0.15) is 11.9 Å². The summed E-state index contributed by atoms with van der Waals surface area (Å²) in [6, 6.07) is 8.81. The molecule has 0 saturated carbocycles. The maximum Gasteiger partial charge on any atom is 0.326 e. The second-order valence-electron chi connectivity index (χ2n) is 7.10. The van der Waals surface area contributed by atoms with Gasteiger partial charge < -0.3 is 10.1 Å². The molecule has 1 saturated heterocycles. The van der Waals surface area contributed by atoms with Crippen molar-refractivity contribution in [1.29, 1.82) is 0 Å². The number of esters is 1. The lowest BCUT2D eigenvalue weighted by Crippen LogP contribution is -2.47. The van der Waals surface area contributed by atoms with E-state index in [1.165, 1.54) is 13.4 Å². The van der Waals surface area contributed by atoms with E-state index in [0.29, 0.717) is 23.7 Å². The van der Waals surface area contributed by atoms with Crippen LogP contribution < -0.4 is 5.32 Å². The number of amides is 1. The molecule has 1 aromatic heterocycles. The van der Waals surface area contributed by atoms with Crippen LogP contribution in [0.4, 0.5) is 0 Å². The first-order chi connectivity index (χ1) is 13.4. The first kappa shape index (κ1) is 20.2. The van der Waals surface area contributed by atoms with Crippen molar-refractivity contribution in [2.45, 2.75) is 31.5 Å². The molecule has 0 aliphatic carbocycles. The van der Waals surface area contributed by atoms with Gasteiger partial charge in [0.15, 0.2) is 0 Å². The van der Waals surface area contributed by atoms with Gasteiger partial charge in [0.2, 0.25) is 5.91 Å². The van der Waals surface area contributed by atoms with Crippen molar-refractivity contribution in [2.24, 2.45) is 5.92 Å². The number of halogens is 1. The van der Waals surface area contributed by atoms with Gasteiger partial charge in [-0.3, -0.25) is 14.5 Å². The molecule has 1 aromatic carbocycles. The summed E-state index contributed by atoms with van der Waals surface area (Å²) in [6.07, 6.45) is 3.41. The number of hydrogen-bond acceptors (Lipinski definition) is 6. The van der Waals surface area contributed by atoms with Crippen LogP contribution in [-0.4, -0.2) is 46.4 Å². The molecule has 8 heteroatoms. The summed E-state index contributed by atoms with van der Waals surface area (Å²) in [5.41, 5.74) is 0.728. The first-order valence-corrected chi connectivity index (χ1v) is 9.34. The van der Waals surface area contributed by atoms with Crippen LogP contribution in [0.1, 0.15) is 30.6 Å². The highest BCUT2D eigenvalue weighted by atomic mass is 35.5. The fraction of sp³-hybridized carbons (Fsp3) is 0.400. The van der Waals surface area contributed by atoms with Gasteiger partial charge in [-0.1, -0.05) is 23.7 Å². The zero-order valence-electron chi connectivity index (χ0n) is 16.1. The van der Waals surface area contributed by atoms with E-state index in [4.69, 9.17) is 16.3 Å². The highest BCUT2D eigenvalue weighted by Gasteiger charge is 2.54. The van der Waals surface area contributed by atoms with Gasteiger partial charge in [0, 0.05) is 17.3 Å². The Hall–Kier alpha value is -2.51. The van der Waals surface area contributed by atoms with Gasteiger partial charge in [-0.05, 0) is 44.2 Å². The number of hydrogen-bond donors (Lipinski definition) is 1. The highest BCUT2D eigenvalue weighted by molar-refractivity contribution is 6.30. The third-order valence-electron chi connectivity index (χ3n) is 5.45. The lowest BCUT2D eigenvalue weighted by Gasteiger charge is -2.33. The van der Waals surface area contributed by atoms with Crippen LogP contribution in [0.25, 0.3) is 0 Å². The molecule has 3 rings (SSSR count). The number of methoxy groups -OCH3 is 1. The Labute approximate surface area is 169 Å². The summed E-state index contributed by atoms with van der Waals surface area (Å²) in [5.74, 6) is -0.935. The predicted molar refractivity (Wildman–Crippen MR) is 104 cm³/mol. The minimum absolute atomic E-state index is 0.141. The van der Waals surface area contributed by atoms with Crippen LogP contribution in [0.5, 0.6) is 0 Å². The van der Waals surface area contributed by atoms with Crippen molar-refractivity contribution in [1.82, 2.24) is 20.2 Å². The monoisotopic (exact) mass is 402 g/mol. The summed E-state index contributed by atoms with van der Waals surface area (Å²) in [6.45, 7) is 2.10. The lowest BCUT2D eigenvalue weighted by atomic mass is 9.89. The minimum atomic E-state index is -0.907. The molecule has 1 aliphatic rings. The Bertz CT molecular complexity index is 846. The SMILES string of the molecule is COC(=O)[C@]1(C)C[C@H](C(=O)NCc2ccncn2)[C@H](c2ccc(Cl)cc2)N1C. The number of carbonyl (C=O) groups excluding carboxylic acids is 2. The molecule has 0 radical (unpaired) electrons. The van der Waals surface area contributed by atoms with E-state index in [0.717, 1.165) is 5.56 Å². The van der Waals surface area contributed by atoms with Gasteiger partial charge in [0.05, 0.1) is 25.3 Å². The molecule has 2 heterocycles. The van der Waals surface area contributed by atoms with Crippen LogP contribution in [0.3, 0.4) is 0 Å². The van der Waals surface area contributed by atoms with E-state index in [1.807, 2.05) is 24.1 Å². The summed E-state index contributed by atoms with van der Waals surface area (Å²) in [5, 5.41) is 3.55. The number of nitrogens with zero attached hydrogens (tertiary/aromatic N) is 3. The quantitative estimate of drug-likeness (QED) is 0.773. The number of ether oxygens (including phenoxy) is 1. The van der Waals surface area contributed by atoms with Gasteiger partial charge in [0.25, 0.3) is 0 Å². The zero-order valence-corrected chi connectivity index (χ0v) is 16.8.